The zero-order chi connectivity index (χ0) is 35.1. The Morgan fingerprint density at radius 2 is 1.25 bits per heavy atom. The van der Waals surface area contributed by atoms with Crippen LogP contribution in [0.4, 0.5) is 0 Å². The minimum atomic E-state index is -0.429. The van der Waals surface area contributed by atoms with Crippen LogP contribution in [0.2, 0.25) is 0 Å². The number of hydrogen-bond acceptors (Lipinski definition) is 2. The summed E-state index contributed by atoms with van der Waals surface area (Å²) >= 11 is 0. The van der Waals surface area contributed by atoms with Crippen LogP contribution in [-0.2, 0) is 14.7 Å². The molecule has 11 rings (SSSR count). The molecule has 1 unspecified atom stereocenters. The highest BCUT2D eigenvalue weighted by molar-refractivity contribution is 6.62. The third-order valence-electron chi connectivity index (χ3n) is 12.8. The van der Waals surface area contributed by atoms with Gasteiger partial charge in [-0.25, -0.2) is 0 Å². The molecule has 2 aliphatic heterocycles. The van der Waals surface area contributed by atoms with Gasteiger partial charge in [-0.3, -0.25) is 0 Å². The molecular weight excluding hydrogens is 633 g/mol. The van der Waals surface area contributed by atoms with E-state index in [-0.39, 0.29) is 5.41 Å². The third-order valence-corrected chi connectivity index (χ3v) is 12.8. The van der Waals surface area contributed by atoms with Crippen LogP contribution in [-0.4, -0.2) is 22.9 Å². The van der Waals surface area contributed by atoms with Gasteiger partial charge < -0.3 is 13.9 Å². The molecule has 52 heavy (non-hydrogen) atoms. The Kier molecular flexibility index (Phi) is 5.89. The van der Waals surface area contributed by atoms with Gasteiger partial charge >= 0.3 is 7.12 Å². The smallest absolute Gasteiger partial charge is 0.399 e. The van der Waals surface area contributed by atoms with Gasteiger partial charge in [-0.2, -0.15) is 0 Å². The lowest BCUT2D eigenvalue weighted by Gasteiger charge is -2.32. The van der Waals surface area contributed by atoms with Crippen molar-refractivity contribution in [1.29, 1.82) is 0 Å². The number of rotatable bonds is 3. The van der Waals surface area contributed by atoms with Crippen LogP contribution in [0.15, 0.2) is 140 Å². The minimum Gasteiger partial charge on any atom is -0.399 e. The molecule has 250 valence electrons. The fourth-order valence-corrected chi connectivity index (χ4v) is 9.44. The summed E-state index contributed by atoms with van der Waals surface area (Å²) < 4.78 is 15.6. The van der Waals surface area contributed by atoms with Crippen molar-refractivity contribution in [2.45, 2.75) is 51.2 Å². The van der Waals surface area contributed by atoms with Crippen molar-refractivity contribution >= 4 is 45.2 Å². The van der Waals surface area contributed by atoms with E-state index in [0.717, 1.165) is 5.46 Å². The van der Waals surface area contributed by atoms with Crippen molar-refractivity contribution in [2.75, 3.05) is 0 Å². The zero-order valence-electron chi connectivity index (χ0n) is 30.1. The molecule has 4 heteroatoms. The number of hydrogen-bond donors (Lipinski definition) is 0. The van der Waals surface area contributed by atoms with E-state index in [9.17, 15) is 0 Å². The Morgan fingerprint density at radius 3 is 2.08 bits per heavy atom. The molecule has 3 aliphatic rings. The maximum Gasteiger partial charge on any atom is 0.494 e. The Balaban J connectivity index is 1.24. The van der Waals surface area contributed by atoms with Gasteiger partial charge in [0.15, 0.2) is 0 Å². The van der Waals surface area contributed by atoms with Crippen molar-refractivity contribution in [1.82, 2.24) is 4.57 Å². The summed E-state index contributed by atoms with van der Waals surface area (Å²) in [4.78, 5) is 0. The molecule has 1 atom stereocenters. The van der Waals surface area contributed by atoms with Gasteiger partial charge in [-0.05, 0) is 114 Å². The van der Waals surface area contributed by atoms with E-state index < -0.39 is 18.3 Å². The van der Waals surface area contributed by atoms with E-state index in [1.165, 1.54) is 88.3 Å². The van der Waals surface area contributed by atoms with Crippen molar-refractivity contribution < 1.29 is 9.31 Å². The van der Waals surface area contributed by atoms with Crippen LogP contribution in [0.3, 0.4) is 0 Å². The van der Waals surface area contributed by atoms with Crippen molar-refractivity contribution in [3.8, 4) is 39.1 Å². The lowest BCUT2D eigenvalue weighted by atomic mass is 9.73. The van der Waals surface area contributed by atoms with E-state index >= 15 is 0 Å². The lowest BCUT2D eigenvalue weighted by Crippen LogP contribution is -2.41. The first-order valence-electron chi connectivity index (χ1n) is 18.5. The topological polar surface area (TPSA) is 23.4 Å². The monoisotopic (exact) mass is 671 g/mol. The van der Waals surface area contributed by atoms with Gasteiger partial charge in [0, 0.05) is 27.3 Å². The Hall–Kier alpha value is -5.42. The molecule has 0 amide bonds. The number of para-hydroxylation sites is 2. The molecule has 1 aliphatic carbocycles. The van der Waals surface area contributed by atoms with Gasteiger partial charge in [-0.1, -0.05) is 115 Å². The first-order chi connectivity index (χ1) is 25.2. The maximum absolute atomic E-state index is 6.54. The highest BCUT2D eigenvalue weighted by Gasteiger charge is 2.52. The standard InChI is InChI=1S/C48H38BNO2/c1-46(2)47(3,4)52-49(51-46)32-23-22-29-14-13-19-33(37(29)28-32)30-26-38-35-18-10-12-21-42(35)50-41-20-11-9-17-34(41)36-24-25-39-44(45(36)50)43(38)40(27-30)48(39,5)31-15-7-6-8-16-31/h6-28H,1-5H3. The quantitative estimate of drug-likeness (QED) is 0.175. The SMILES string of the molecule is CC1(c2ccccc2)c2cc(-c3cccc4ccc(B5OC(C)(C)C(C)(C)O5)cc34)cc3c2-c2c1ccc1c4ccccc4n(c21)-c1ccccc1-3. The van der Waals surface area contributed by atoms with E-state index in [1.54, 1.807) is 0 Å². The van der Waals surface area contributed by atoms with Crippen molar-refractivity contribution in [3.63, 3.8) is 0 Å². The summed E-state index contributed by atoms with van der Waals surface area (Å²) in [7, 11) is -0.429. The molecule has 8 aromatic rings. The van der Waals surface area contributed by atoms with Crippen LogP contribution in [0.25, 0.3) is 71.6 Å². The van der Waals surface area contributed by atoms with Gasteiger partial charge in [0.1, 0.15) is 0 Å². The predicted octanol–water partition coefficient (Wildman–Crippen LogP) is 11.2. The van der Waals surface area contributed by atoms with Crippen molar-refractivity contribution in [2.24, 2.45) is 0 Å². The molecule has 1 fully saturated rings. The average Bonchev–Trinajstić information content (AvgIpc) is 3.68. The van der Waals surface area contributed by atoms with Crippen LogP contribution < -0.4 is 5.46 Å². The van der Waals surface area contributed by atoms with Crippen LogP contribution >= 0.6 is 0 Å². The molecule has 0 spiro atoms. The van der Waals surface area contributed by atoms with Gasteiger partial charge in [0.2, 0.25) is 0 Å². The molecule has 1 aromatic heterocycles. The average molecular weight is 672 g/mol. The summed E-state index contributed by atoms with van der Waals surface area (Å²) in [5.74, 6) is 0. The first-order valence-corrected chi connectivity index (χ1v) is 18.5. The lowest BCUT2D eigenvalue weighted by molar-refractivity contribution is 0.00578. The normalized spacial score (nSPS) is 19.1. The van der Waals surface area contributed by atoms with Gasteiger partial charge in [-0.15, -0.1) is 0 Å². The second kappa shape index (κ2) is 10.1. The van der Waals surface area contributed by atoms with E-state index in [1.807, 2.05) is 0 Å². The minimum absolute atomic E-state index is 0.364. The highest BCUT2D eigenvalue weighted by Crippen LogP contribution is 2.61. The number of fused-ring (bicyclic) bond motifs is 7. The second-order valence-corrected chi connectivity index (χ2v) is 16.1. The summed E-state index contributed by atoms with van der Waals surface area (Å²) in [6.45, 7) is 10.9. The van der Waals surface area contributed by atoms with E-state index in [4.69, 9.17) is 9.31 Å². The molecule has 0 bridgehead atoms. The van der Waals surface area contributed by atoms with Gasteiger partial charge in [0.05, 0.1) is 27.9 Å². The fourth-order valence-electron chi connectivity index (χ4n) is 9.44. The Bertz CT molecular complexity index is 2810. The summed E-state index contributed by atoms with van der Waals surface area (Å²) in [6, 6.07) is 52.1. The summed E-state index contributed by atoms with van der Waals surface area (Å²) in [5, 5.41) is 4.98. The molecule has 0 saturated carbocycles. The molecule has 7 aromatic carbocycles. The highest BCUT2D eigenvalue weighted by atomic mass is 16.7. The zero-order valence-corrected chi connectivity index (χ0v) is 30.1. The summed E-state index contributed by atoms with van der Waals surface area (Å²) in [6.07, 6.45) is 0. The van der Waals surface area contributed by atoms with Crippen LogP contribution in [0.1, 0.15) is 51.3 Å². The molecular formula is C48H38BNO2. The number of nitrogens with zero attached hydrogens (tertiary/aromatic N) is 1. The predicted molar refractivity (Wildman–Crippen MR) is 216 cm³/mol. The molecule has 1 saturated heterocycles. The Labute approximate surface area is 304 Å². The third kappa shape index (κ3) is 3.79. The molecule has 3 nitrogen and oxygen atoms in total. The van der Waals surface area contributed by atoms with Gasteiger partial charge in [0.25, 0.3) is 0 Å². The first kappa shape index (κ1) is 30.2. The number of benzene rings is 7. The molecule has 0 N–H and O–H groups in total. The second-order valence-electron chi connectivity index (χ2n) is 16.1. The molecule has 3 heterocycles. The Morgan fingerprint density at radius 1 is 0.519 bits per heavy atom. The van der Waals surface area contributed by atoms with Crippen molar-refractivity contribution in [3.05, 3.63) is 156 Å². The largest absolute Gasteiger partial charge is 0.494 e. The summed E-state index contributed by atoms with van der Waals surface area (Å²) in [5.41, 5.74) is 15.3. The fraction of sp³-hybridized carbons (Fsp3) is 0.167. The van der Waals surface area contributed by atoms with E-state index in [2.05, 4.69) is 179 Å². The maximum atomic E-state index is 6.54. The van der Waals surface area contributed by atoms with Crippen LogP contribution in [0.5, 0.6) is 0 Å². The number of aromatic nitrogens is 1. The molecule has 0 radical (unpaired) electrons. The van der Waals surface area contributed by atoms with E-state index in [0.29, 0.717) is 0 Å². The van der Waals surface area contributed by atoms with Crippen LogP contribution in [0, 0.1) is 0 Å².